The highest BCUT2D eigenvalue weighted by Crippen LogP contribution is 2.35. The number of amides is 1. The molecule has 1 saturated carbocycles. The van der Waals surface area contributed by atoms with Gasteiger partial charge in [0.15, 0.2) is 0 Å². The number of hydrogen-bond donors (Lipinski definition) is 2. The normalized spacial score (nSPS) is 15.7. The minimum absolute atomic E-state index is 0.0424. The highest BCUT2D eigenvalue weighted by molar-refractivity contribution is 6.46. The number of nitrogen functional groups attached to an aromatic ring is 1. The van der Waals surface area contributed by atoms with E-state index in [-0.39, 0.29) is 11.4 Å². The fourth-order valence-electron chi connectivity index (χ4n) is 3.61. The zero-order valence-electron chi connectivity index (χ0n) is 17.4. The molecule has 0 aliphatic heterocycles. The maximum Gasteiger partial charge on any atom is 0.270 e. The Morgan fingerprint density at radius 2 is 1.93 bits per heavy atom. The molecular formula is C23H30N4O2. The Hall–Kier alpha value is -2.86. The van der Waals surface area contributed by atoms with Crippen molar-refractivity contribution in [3.05, 3.63) is 59.7 Å². The van der Waals surface area contributed by atoms with Crippen LogP contribution in [-0.4, -0.2) is 49.7 Å². The lowest BCUT2D eigenvalue weighted by molar-refractivity contribution is -0.115. The van der Waals surface area contributed by atoms with Crippen LogP contribution in [0.5, 0.6) is 5.75 Å². The molecule has 0 aromatic heterocycles. The standard InChI is InChI=1S/C23H30N4O2/c1-25-21(22(28)26-16-23(27(2)3)12-7-13-23)19-14-18(10-11-20(19)24)29-15-17-8-5-4-6-9-17/h4-6,8-11,14H,7,12-13,15-16,24H2,1-3H3,(H,26,28). The van der Waals surface area contributed by atoms with Gasteiger partial charge in [-0.2, -0.15) is 0 Å². The van der Waals surface area contributed by atoms with Crippen molar-refractivity contribution < 1.29 is 9.53 Å². The molecule has 1 aliphatic rings. The quantitative estimate of drug-likeness (QED) is 0.533. The second-order valence-electron chi connectivity index (χ2n) is 7.75. The Morgan fingerprint density at radius 1 is 1.21 bits per heavy atom. The maximum absolute atomic E-state index is 12.9. The van der Waals surface area contributed by atoms with Crippen LogP contribution in [0.2, 0.25) is 0 Å². The van der Waals surface area contributed by atoms with Crippen molar-refractivity contribution in [2.45, 2.75) is 31.4 Å². The maximum atomic E-state index is 12.9. The number of nitrogens with zero attached hydrogens (tertiary/aromatic N) is 2. The van der Waals surface area contributed by atoms with Crippen LogP contribution in [0.1, 0.15) is 30.4 Å². The molecule has 1 aliphatic carbocycles. The third-order valence-corrected chi connectivity index (χ3v) is 5.78. The topological polar surface area (TPSA) is 80.0 Å². The van der Waals surface area contributed by atoms with Crippen LogP contribution < -0.4 is 15.8 Å². The van der Waals surface area contributed by atoms with Crippen molar-refractivity contribution >= 4 is 17.3 Å². The molecule has 2 aromatic carbocycles. The van der Waals surface area contributed by atoms with Gasteiger partial charge in [-0.05, 0) is 57.1 Å². The summed E-state index contributed by atoms with van der Waals surface area (Å²) in [5.74, 6) is 0.434. The molecule has 3 N–H and O–H groups in total. The van der Waals surface area contributed by atoms with Gasteiger partial charge >= 0.3 is 0 Å². The molecule has 3 rings (SSSR count). The van der Waals surface area contributed by atoms with Crippen LogP contribution in [0.25, 0.3) is 0 Å². The summed E-state index contributed by atoms with van der Waals surface area (Å²) >= 11 is 0. The Kier molecular flexibility index (Phi) is 6.54. The Labute approximate surface area is 172 Å². The van der Waals surface area contributed by atoms with Crippen LogP contribution >= 0.6 is 0 Å². The number of carbonyl (C=O) groups is 1. The minimum atomic E-state index is -0.215. The summed E-state index contributed by atoms with van der Waals surface area (Å²) in [5, 5.41) is 3.05. The number of benzene rings is 2. The number of nitrogens with two attached hydrogens (primary N) is 1. The number of anilines is 1. The van der Waals surface area contributed by atoms with Gasteiger partial charge in [0.05, 0.1) is 0 Å². The first-order valence-corrected chi connectivity index (χ1v) is 9.94. The van der Waals surface area contributed by atoms with E-state index in [4.69, 9.17) is 10.5 Å². The Bertz CT molecular complexity index is 874. The summed E-state index contributed by atoms with van der Waals surface area (Å²) in [6.45, 7) is 1.04. The molecule has 29 heavy (non-hydrogen) atoms. The van der Waals surface area contributed by atoms with Crippen LogP contribution in [0, 0.1) is 0 Å². The fourth-order valence-corrected chi connectivity index (χ4v) is 3.61. The summed E-state index contributed by atoms with van der Waals surface area (Å²) in [6, 6.07) is 15.3. The predicted octanol–water partition coefficient (Wildman–Crippen LogP) is 2.87. The zero-order valence-corrected chi connectivity index (χ0v) is 17.4. The monoisotopic (exact) mass is 394 g/mol. The molecule has 0 saturated heterocycles. The molecule has 0 heterocycles. The third kappa shape index (κ3) is 4.77. The van der Waals surface area contributed by atoms with Gasteiger partial charge in [0.1, 0.15) is 18.1 Å². The number of aliphatic imine (C=N–C) groups is 1. The minimum Gasteiger partial charge on any atom is -0.489 e. The van der Waals surface area contributed by atoms with Gasteiger partial charge in [0, 0.05) is 30.4 Å². The van der Waals surface area contributed by atoms with Crippen molar-refractivity contribution in [3.63, 3.8) is 0 Å². The number of rotatable bonds is 8. The zero-order chi connectivity index (χ0) is 20.9. The third-order valence-electron chi connectivity index (χ3n) is 5.78. The number of hydrogen-bond acceptors (Lipinski definition) is 5. The highest BCUT2D eigenvalue weighted by Gasteiger charge is 2.39. The van der Waals surface area contributed by atoms with E-state index in [0.29, 0.717) is 35.9 Å². The van der Waals surface area contributed by atoms with E-state index in [1.54, 1.807) is 19.2 Å². The van der Waals surface area contributed by atoms with E-state index in [0.717, 1.165) is 18.4 Å². The van der Waals surface area contributed by atoms with Gasteiger partial charge in [0.2, 0.25) is 0 Å². The van der Waals surface area contributed by atoms with E-state index in [1.807, 2.05) is 36.4 Å². The van der Waals surface area contributed by atoms with Gasteiger partial charge in [-0.25, -0.2) is 0 Å². The molecule has 1 amide bonds. The highest BCUT2D eigenvalue weighted by atomic mass is 16.5. The predicted molar refractivity (Wildman–Crippen MR) is 117 cm³/mol. The average Bonchev–Trinajstić information content (AvgIpc) is 2.68. The van der Waals surface area contributed by atoms with Crippen LogP contribution in [0.4, 0.5) is 5.69 Å². The smallest absolute Gasteiger partial charge is 0.270 e. The number of nitrogens with one attached hydrogen (secondary N) is 1. The number of ether oxygens (including phenoxy) is 1. The summed E-state index contributed by atoms with van der Waals surface area (Å²) in [7, 11) is 5.73. The van der Waals surface area contributed by atoms with E-state index >= 15 is 0 Å². The lowest BCUT2D eigenvalue weighted by atomic mass is 9.75. The van der Waals surface area contributed by atoms with Crippen LogP contribution in [0.15, 0.2) is 53.5 Å². The lowest BCUT2D eigenvalue weighted by Gasteiger charge is -2.47. The summed E-state index contributed by atoms with van der Waals surface area (Å²) in [5.41, 5.74) is 8.67. The molecule has 6 nitrogen and oxygen atoms in total. The Morgan fingerprint density at radius 3 is 2.52 bits per heavy atom. The van der Waals surface area contributed by atoms with Crippen LogP contribution in [0.3, 0.4) is 0 Å². The van der Waals surface area contributed by atoms with Crippen LogP contribution in [-0.2, 0) is 11.4 Å². The summed E-state index contributed by atoms with van der Waals surface area (Å²) in [6.07, 6.45) is 3.37. The molecular weight excluding hydrogens is 364 g/mol. The first-order valence-electron chi connectivity index (χ1n) is 9.94. The molecule has 154 valence electrons. The van der Waals surface area contributed by atoms with Gasteiger partial charge in [-0.1, -0.05) is 30.3 Å². The first-order chi connectivity index (χ1) is 13.9. The molecule has 0 radical (unpaired) electrons. The largest absolute Gasteiger partial charge is 0.489 e. The summed E-state index contributed by atoms with van der Waals surface area (Å²) in [4.78, 5) is 19.3. The summed E-state index contributed by atoms with van der Waals surface area (Å²) < 4.78 is 5.89. The second-order valence-corrected chi connectivity index (χ2v) is 7.75. The van der Waals surface area contributed by atoms with Gasteiger partial charge < -0.3 is 20.7 Å². The van der Waals surface area contributed by atoms with Crippen molar-refractivity contribution in [3.8, 4) is 5.75 Å². The van der Waals surface area contributed by atoms with Crippen molar-refractivity contribution in [1.82, 2.24) is 10.2 Å². The first kappa shape index (κ1) is 20.9. The molecule has 0 spiro atoms. The lowest BCUT2D eigenvalue weighted by Crippen LogP contribution is -2.57. The Balaban J connectivity index is 1.70. The molecule has 0 unspecified atom stereocenters. The van der Waals surface area contributed by atoms with Crippen molar-refractivity contribution in [1.29, 1.82) is 0 Å². The SMILES string of the molecule is CN=C(C(=O)NCC1(N(C)C)CCC1)c1cc(OCc2ccccc2)ccc1N. The van der Waals surface area contributed by atoms with Crippen molar-refractivity contribution in [2.75, 3.05) is 33.4 Å². The number of likely N-dealkylation sites (N-methyl/N-ethyl adjacent to an activating group) is 1. The molecule has 0 atom stereocenters. The van der Waals surface area contributed by atoms with Gasteiger partial charge in [0.25, 0.3) is 5.91 Å². The molecule has 6 heteroatoms. The van der Waals surface area contributed by atoms with E-state index < -0.39 is 0 Å². The van der Waals surface area contributed by atoms with E-state index in [1.165, 1.54) is 6.42 Å². The van der Waals surface area contributed by atoms with E-state index in [9.17, 15) is 4.79 Å². The number of carbonyl (C=O) groups excluding carboxylic acids is 1. The van der Waals surface area contributed by atoms with E-state index in [2.05, 4.69) is 29.3 Å². The van der Waals surface area contributed by atoms with Gasteiger partial charge in [-0.3, -0.25) is 9.79 Å². The molecule has 0 bridgehead atoms. The average molecular weight is 395 g/mol. The van der Waals surface area contributed by atoms with Crippen molar-refractivity contribution in [2.24, 2.45) is 4.99 Å². The molecule has 1 fully saturated rings. The van der Waals surface area contributed by atoms with Gasteiger partial charge in [-0.15, -0.1) is 0 Å². The molecule has 2 aromatic rings. The fraction of sp³-hybridized carbons (Fsp3) is 0.391. The second kappa shape index (κ2) is 9.09.